The number of carbonyl (C=O) groups is 1. The van der Waals surface area contributed by atoms with E-state index in [9.17, 15) is 4.79 Å². The first-order valence-corrected chi connectivity index (χ1v) is 7.44. The first kappa shape index (κ1) is 15.4. The molecular weight excluding hydrogens is 299 g/mol. The number of rotatable bonds is 4. The molecule has 1 heterocycles. The Morgan fingerprint density at radius 3 is 2.95 bits per heavy atom. The summed E-state index contributed by atoms with van der Waals surface area (Å²) < 4.78 is 5.58. The first-order valence-electron chi connectivity index (χ1n) is 6.69. The van der Waals surface area contributed by atoms with Crippen LogP contribution in [0, 0.1) is 0 Å². The molecule has 0 spiro atoms. The highest BCUT2D eigenvalue weighted by atomic mass is 35.5. The summed E-state index contributed by atoms with van der Waals surface area (Å²) in [5, 5.41) is 7.16. The Hall–Kier alpha value is -0.970. The Morgan fingerprint density at radius 2 is 2.30 bits per heavy atom. The molecule has 0 bridgehead atoms. The average molecular weight is 317 g/mol. The lowest BCUT2D eigenvalue weighted by molar-refractivity contribution is -0.128. The summed E-state index contributed by atoms with van der Waals surface area (Å²) in [4.78, 5) is 12.1. The number of hydrogen-bond donors (Lipinski definition) is 2. The quantitative estimate of drug-likeness (QED) is 0.897. The van der Waals surface area contributed by atoms with E-state index in [0.29, 0.717) is 15.8 Å². The molecule has 1 amide bonds. The lowest BCUT2D eigenvalue weighted by Crippen LogP contribution is -2.49. The van der Waals surface area contributed by atoms with E-state index in [1.54, 1.807) is 25.1 Å². The topological polar surface area (TPSA) is 50.4 Å². The van der Waals surface area contributed by atoms with Crippen LogP contribution in [0.15, 0.2) is 18.2 Å². The summed E-state index contributed by atoms with van der Waals surface area (Å²) in [6.45, 7) is 3.52. The van der Waals surface area contributed by atoms with Crippen molar-refractivity contribution >= 4 is 29.1 Å². The van der Waals surface area contributed by atoms with E-state index in [0.717, 1.165) is 25.9 Å². The zero-order valence-electron chi connectivity index (χ0n) is 11.3. The number of halogens is 2. The van der Waals surface area contributed by atoms with Gasteiger partial charge in [0.05, 0.1) is 5.02 Å². The van der Waals surface area contributed by atoms with Crippen molar-refractivity contribution in [2.45, 2.75) is 31.9 Å². The molecule has 1 aliphatic rings. The highest BCUT2D eigenvalue weighted by molar-refractivity contribution is 6.35. The van der Waals surface area contributed by atoms with E-state index < -0.39 is 6.10 Å². The van der Waals surface area contributed by atoms with Crippen LogP contribution < -0.4 is 15.4 Å². The van der Waals surface area contributed by atoms with Gasteiger partial charge < -0.3 is 15.4 Å². The van der Waals surface area contributed by atoms with Crippen molar-refractivity contribution in [2.24, 2.45) is 0 Å². The lowest BCUT2D eigenvalue weighted by Gasteiger charge is -2.25. The van der Waals surface area contributed by atoms with Gasteiger partial charge in [0.2, 0.25) is 0 Å². The Balaban J connectivity index is 1.89. The van der Waals surface area contributed by atoms with Crippen LogP contribution in [0.3, 0.4) is 0 Å². The summed E-state index contributed by atoms with van der Waals surface area (Å²) in [6, 6.07) is 5.10. The third-order valence-electron chi connectivity index (χ3n) is 3.21. The van der Waals surface area contributed by atoms with Gasteiger partial charge in [0.1, 0.15) is 5.75 Å². The number of amides is 1. The molecular formula is C14H18Cl2N2O2. The molecule has 6 heteroatoms. The number of ether oxygens (including phenoxy) is 1. The molecule has 20 heavy (non-hydrogen) atoms. The predicted molar refractivity (Wildman–Crippen MR) is 80.6 cm³/mol. The summed E-state index contributed by atoms with van der Waals surface area (Å²) >= 11 is 11.8. The third kappa shape index (κ3) is 4.27. The maximum atomic E-state index is 12.1. The van der Waals surface area contributed by atoms with Gasteiger partial charge in [-0.3, -0.25) is 4.79 Å². The van der Waals surface area contributed by atoms with E-state index in [2.05, 4.69) is 10.6 Å². The van der Waals surface area contributed by atoms with E-state index in [-0.39, 0.29) is 11.9 Å². The minimum atomic E-state index is -0.601. The molecule has 0 radical (unpaired) electrons. The van der Waals surface area contributed by atoms with Crippen LogP contribution in [0.4, 0.5) is 0 Å². The monoisotopic (exact) mass is 316 g/mol. The van der Waals surface area contributed by atoms with Crippen LogP contribution >= 0.6 is 23.2 Å². The number of hydrogen-bond acceptors (Lipinski definition) is 3. The Kier molecular flexibility index (Phi) is 5.52. The SMILES string of the molecule is CC(Oc1ccc(Cl)cc1Cl)C(=O)N[C@H]1CCCNC1. The molecule has 1 aromatic rings. The maximum Gasteiger partial charge on any atom is 0.261 e. The van der Waals surface area contributed by atoms with Gasteiger partial charge in [-0.2, -0.15) is 0 Å². The van der Waals surface area contributed by atoms with Crippen LogP contribution in [0.1, 0.15) is 19.8 Å². The second-order valence-electron chi connectivity index (χ2n) is 4.89. The third-order valence-corrected chi connectivity index (χ3v) is 3.74. The Bertz CT molecular complexity index is 476. The van der Waals surface area contributed by atoms with Gasteiger partial charge >= 0.3 is 0 Å². The molecule has 2 atom stereocenters. The fourth-order valence-corrected chi connectivity index (χ4v) is 2.56. The fraction of sp³-hybridized carbons (Fsp3) is 0.500. The van der Waals surface area contributed by atoms with Crippen molar-refractivity contribution in [3.05, 3.63) is 28.2 Å². The molecule has 0 aliphatic carbocycles. The first-order chi connectivity index (χ1) is 9.56. The van der Waals surface area contributed by atoms with Crippen LogP contribution in [0.5, 0.6) is 5.75 Å². The summed E-state index contributed by atoms with van der Waals surface area (Å²) in [5.74, 6) is 0.324. The highest BCUT2D eigenvalue weighted by Crippen LogP contribution is 2.28. The Morgan fingerprint density at radius 1 is 1.50 bits per heavy atom. The zero-order valence-corrected chi connectivity index (χ0v) is 12.8. The minimum Gasteiger partial charge on any atom is -0.479 e. The predicted octanol–water partition coefficient (Wildman–Crippen LogP) is 2.63. The summed E-state index contributed by atoms with van der Waals surface area (Å²) in [7, 11) is 0. The minimum absolute atomic E-state index is 0.135. The molecule has 1 fully saturated rings. The molecule has 4 nitrogen and oxygen atoms in total. The molecule has 0 aromatic heterocycles. The molecule has 1 aromatic carbocycles. The van der Waals surface area contributed by atoms with Crippen molar-refractivity contribution in [1.29, 1.82) is 0 Å². The van der Waals surface area contributed by atoms with Crippen LogP contribution in [0.25, 0.3) is 0 Å². The molecule has 0 saturated carbocycles. The normalized spacial score (nSPS) is 20.2. The molecule has 2 N–H and O–H groups in total. The molecule has 2 rings (SSSR count). The average Bonchev–Trinajstić information content (AvgIpc) is 2.43. The molecule has 110 valence electrons. The fourth-order valence-electron chi connectivity index (χ4n) is 2.11. The van der Waals surface area contributed by atoms with E-state index >= 15 is 0 Å². The Labute approximate surface area is 128 Å². The van der Waals surface area contributed by atoms with Crippen molar-refractivity contribution in [3.8, 4) is 5.75 Å². The molecule has 1 saturated heterocycles. The van der Waals surface area contributed by atoms with Gasteiger partial charge in [-0.25, -0.2) is 0 Å². The van der Waals surface area contributed by atoms with E-state index in [1.165, 1.54) is 0 Å². The van der Waals surface area contributed by atoms with E-state index in [1.807, 2.05) is 0 Å². The number of benzene rings is 1. The summed E-state index contributed by atoms with van der Waals surface area (Å²) in [6.07, 6.45) is 1.46. The number of piperidine rings is 1. The van der Waals surface area contributed by atoms with Crippen LogP contribution in [0.2, 0.25) is 10.0 Å². The van der Waals surface area contributed by atoms with Gasteiger partial charge in [-0.1, -0.05) is 23.2 Å². The van der Waals surface area contributed by atoms with Crippen molar-refractivity contribution < 1.29 is 9.53 Å². The second-order valence-corrected chi connectivity index (χ2v) is 5.73. The van der Waals surface area contributed by atoms with Crippen molar-refractivity contribution in [1.82, 2.24) is 10.6 Å². The van der Waals surface area contributed by atoms with Gasteiger partial charge in [-0.05, 0) is 44.5 Å². The van der Waals surface area contributed by atoms with Gasteiger partial charge in [0.15, 0.2) is 6.10 Å². The zero-order chi connectivity index (χ0) is 14.5. The van der Waals surface area contributed by atoms with Crippen molar-refractivity contribution in [2.75, 3.05) is 13.1 Å². The van der Waals surface area contributed by atoms with Crippen LogP contribution in [-0.4, -0.2) is 31.1 Å². The highest BCUT2D eigenvalue weighted by Gasteiger charge is 2.21. The number of carbonyl (C=O) groups excluding carboxylic acids is 1. The lowest BCUT2D eigenvalue weighted by atomic mass is 10.1. The van der Waals surface area contributed by atoms with Gasteiger partial charge in [0, 0.05) is 17.6 Å². The summed E-state index contributed by atoms with van der Waals surface area (Å²) in [5.41, 5.74) is 0. The van der Waals surface area contributed by atoms with Gasteiger partial charge in [-0.15, -0.1) is 0 Å². The smallest absolute Gasteiger partial charge is 0.261 e. The maximum absolute atomic E-state index is 12.1. The standard InChI is InChI=1S/C14H18Cl2N2O2/c1-9(14(19)18-11-3-2-6-17-8-11)20-13-5-4-10(15)7-12(13)16/h4-5,7,9,11,17H,2-3,6,8H2,1H3,(H,18,19)/t9?,11-/m0/s1. The largest absolute Gasteiger partial charge is 0.479 e. The molecule has 1 aliphatic heterocycles. The van der Waals surface area contributed by atoms with Gasteiger partial charge in [0.25, 0.3) is 5.91 Å². The van der Waals surface area contributed by atoms with Crippen molar-refractivity contribution in [3.63, 3.8) is 0 Å². The van der Waals surface area contributed by atoms with Crippen LogP contribution in [-0.2, 0) is 4.79 Å². The molecule has 1 unspecified atom stereocenters. The number of nitrogens with one attached hydrogen (secondary N) is 2. The van der Waals surface area contributed by atoms with E-state index in [4.69, 9.17) is 27.9 Å². The second kappa shape index (κ2) is 7.16.